The van der Waals surface area contributed by atoms with Gasteiger partial charge in [-0.2, -0.15) is 0 Å². The number of ether oxygens (including phenoxy) is 8. The molecule has 3 heterocycles. The monoisotopic (exact) mass is 1340 g/mol. The maximum atomic E-state index is 18.2. The van der Waals surface area contributed by atoms with Crippen LogP contribution >= 0.6 is 0 Å². The largest absolute Gasteiger partial charge is 0.438 e. The van der Waals surface area contributed by atoms with Gasteiger partial charge in [0, 0.05) is 27.8 Å². The molecule has 24 nitrogen and oxygen atoms in total. The van der Waals surface area contributed by atoms with Crippen molar-refractivity contribution in [3.05, 3.63) is 287 Å². The lowest BCUT2D eigenvalue weighted by molar-refractivity contribution is -0.406. The molecule has 0 spiro atoms. The number of benzene rings is 8. The van der Waals surface area contributed by atoms with E-state index < -0.39 is 201 Å². The van der Waals surface area contributed by atoms with Crippen LogP contribution < -0.4 is 0 Å². The van der Waals surface area contributed by atoms with Crippen LogP contribution in [0.2, 0.25) is 0 Å². The van der Waals surface area contributed by atoms with Crippen molar-refractivity contribution in [2.45, 2.75) is 96.2 Å². The first-order chi connectivity index (χ1) is 47.3. The number of Topliss-reactive ketones (excluding diaryl/α,β-unsaturated/α-hetero) is 5. The SMILES string of the molecule is O=C(O[C@@]1(C(=O)c2ccccc2)[C@@](OC(=O)c2ccccc2)(C(=O)c2ccccc2)[C@](OC(=O)c2ccccc2)(C(=O)c2ccccc2)[C@@H](O[C@H]2[C@H](O)[C@@H](O)[C@@H](O[C@H]3[C@H](O)[C@@H](O)C(O)O[C@@H]3CO)O[C@@H]2CO)O[C@]1(C(=O)c1ccccc1)C(O)C(=O)c1ccccc1)c1ccccc1. The van der Waals surface area contributed by atoms with E-state index in [4.69, 9.17) is 37.9 Å². The normalized spacial score (nSPS) is 28.6. The summed E-state index contributed by atoms with van der Waals surface area (Å²) in [5.41, 5.74) is -23.2. The molecule has 16 atom stereocenters. The van der Waals surface area contributed by atoms with E-state index in [0.717, 1.165) is 97.1 Å². The summed E-state index contributed by atoms with van der Waals surface area (Å²) in [6, 6.07) is 49.8. The summed E-state index contributed by atoms with van der Waals surface area (Å²) < 4.78 is 52.1. The number of aliphatic hydroxyl groups is 8. The number of hydrogen-bond donors (Lipinski definition) is 8. The first-order valence-corrected chi connectivity index (χ1v) is 30.7. The summed E-state index contributed by atoms with van der Waals surface area (Å²) in [7, 11) is 0. The molecular weight excluding hydrogens is 1270 g/mol. The van der Waals surface area contributed by atoms with Gasteiger partial charge in [0.2, 0.25) is 35.0 Å². The highest BCUT2D eigenvalue weighted by atomic mass is 16.8. The summed E-state index contributed by atoms with van der Waals surface area (Å²) in [5.74, 6) is -14.3. The van der Waals surface area contributed by atoms with Gasteiger partial charge in [0.05, 0.1) is 29.9 Å². The highest BCUT2D eigenvalue weighted by Gasteiger charge is 2.94. The molecule has 24 heteroatoms. The highest BCUT2D eigenvalue weighted by Crippen LogP contribution is 2.62. The molecule has 0 amide bonds. The maximum absolute atomic E-state index is 18.2. The molecule has 2 unspecified atom stereocenters. The summed E-state index contributed by atoms with van der Waals surface area (Å²) in [6.07, 6.45) is -29.4. The first kappa shape index (κ1) is 69.4. The number of aliphatic hydroxyl groups excluding tert-OH is 8. The van der Waals surface area contributed by atoms with Crippen molar-refractivity contribution < 1.29 is 117 Å². The van der Waals surface area contributed by atoms with Crippen molar-refractivity contribution in [1.82, 2.24) is 0 Å². The minimum absolute atomic E-state index is 0.504. The van der Waals surface area contributed by atoms with Crippen molar-refractivity contribution in [2.75, 3.05) is 13.2 Å². The Balaban J connectivity index is 1.36. The Morgan fingerprint density at radius 3 is 1.11 bits per heavy atom. The molecule has 98 heavy (non-hydrogen) atoms. The third-order valence-corrected chi connectivity index (χ3v) is 17.3. The van der Waals surface area contributed by atoms with Crippen molar-refractivity contribution >= 4 is 46.8 Å². The zero-order valence-corrected chi connectivity index (χ0v) is 51.5. The standard InChI is InChI=1S/C74H64O24/c75-41-51-58(54(78)56(80)68(90)91-51)93-69-57(81)55(79)59(52(42-76)92-69)94-70-72(61(83)45-29-13-3-14-30-45,95-65(87)48-35-19-6-20-36-48)74(63(85)47-33-17-5-18-34-47,97-67(89)50-39-23-8-24-40-50)73(62(84)46-31-15-4-16-32-46,96-66(88)49-37-21-7-22-38-49)71(98-70,60(82)44-27-11-2-12-28-44)64(86)53(77)43-25-9-1-10-26-43/h1-40,51-52,54-59,64,68-70,75-76,78-81,86,90H,41-42H2/t51-,52-,54-,55-,56-,57-,58-,59-,64?,68?,69-,70+,71-,72+,73-,74-/m1/s1. The number of rotatable bonds is 23. The lowest BCUT2D eigenvalue weighted by atomic mass is 9.51. The number of hydrogen-bond acceptors (Lipinski definition) is 24. The van der Waals surface area contributed by atoms with Gasteiger partial charge in [0.25, 0.3) is 16.8 Å². The minimum Gasteiger partial charge on any atom is -0.438 e. The van der Waals surface area contributed by atoms with Crippen LogP contribution in [0.25, 0.3) is 0 Å². The molecule has 0 radical (unpaired) electrons. The van der Waals surface area contributed by atoms with E-state index in [-0.39, 0.29) is 0 Å². The van der Waals surface area contributed by atoms with Crippen LogP contribution in [0, 0.1) is 0 Å². The van der Waals surface area contributed by atoms with E-state index in [9.17, 15) is 40.9 Å². The van der Waals surface area contributed by atoms with E-state index in [0.29, 0.717) is 0 Å². The molecule has 3 aliphatic heterocycles. The van der Waals surface area contributed by atoms with Gasteiger partial charge >= 0.3 is 17.9 Å². The molecule has 11 rings (SSSR count). The number of ketones is 5. The topological polar surface area (TPSA) is 372 Å². The molecular formula is C74H64O24. The average molecular weight is 1340 g/mol. The Labute approximate surface area is 558 Å². The van der Waals surface area contributed by atoms with Crippen LogP contribution in [0.4, 0.5) is 0 Å². The number of esters is 3. The Morgan fingerprint density at radius 2 is 0.694 bits per heavy atom. The second-order valence-corrected chi connectivity index (χ2v) is 23.1. The fraction of sp³-hybridized carbons (Fsp3) is 0.243. The van der Waals surface area contributed by atoms with E-state index in [1.165, 1.54) is 146 Å². The third kappa shape index (κ3) is 12.3. The van der Waals surface area contributed by atoms with Gasteiger partial charge in [0.1, 0.15) is 48.8 Å². The Bertz CT molecular complexity index is 4140. The predicted molar refractivity (Wildman–Crippen MR) is 339 cm³/mol. The zero-order valence-electron chi connectivity index (χ0n) is 51.5. The van der Waals surface area contributed by atoms with Gasteiger partial charge in [-0.3, -0.25) is 24.0 Å². The van der Waals surface area contributed by atoms with Crippen molar-refractivity contribution in [3.8, 4) is 0 Å². The summed E-state index contributed by atoms with van der Waals surface area (Å²) >= 11 is 0. The molecule has 3 fully saturated rings. The van der Waals surface area contributed by atoms with Crippen LogP contribution in [-0.2, 0) is 37.9 Å². The molecule has 8 aromatic carbocycles. The lowest BCUT2D eigenvalue weighted by Crippen LogP contribution is -2.95. The fourth-order valence-corrected chi connectivity index (χ4v) is 12.5. The molecule has 0 saturated carbocycles. The second kappa shape index (κ2) is 29.4. The molecule has 8 aromatic rings. The predicted octanol–water partition coefficient (Wildman–Crippen LogP) is 4.29. The van der Waals surface area contributed by atoms with Crippen LogP contribution in [0.15, 0.2) is 243 Å². The molecule has 3 aliphatic rings. The zero-order chi connectivity index (χ0) is 69.5. The van der Waals surface area contributed by atoms with Crippen LogP contribution in [-0.4, -0.2) is 197 Å². The van der Waals surface area contributed by atoms with E-state index in [2.05, 4.69) is 0 Å². The third-order valence-electron chi connectivity index (χ3n) is 17.3. The van der Waals surface area contributed by atoms with Gasteiger partial charge in [-0.05, 0) is 36.4 Å². The van der Waals surface area contributed by atoms with Gasteiger partial charge < -0.3 is 78.7 Å². The first-order valence-electron chi connectivity index (χ1n) is 30.7. The number of carbonyl (C=O) groups is 8. The van der Waals surface area contributed by atoms with Crippen LogP contribution in [0.1, 0.15) is 82.9 Å². The highest BCUT2D eigenvalue weighted by molar-refractivity contribution is 6.25. The molecule has 3 saturated heterocycles. The molecule has 0 aromatic heterocycles. The summed E-state index contributed by atoms with van der Waals surface area (Å²) in [4.78, 5) is 137. The molecule has 0 aliphatic carbocycles. The van der Waals surface area contributed by atoms with Crippen LogP contribution in [0.5, 0.6) is 0 Å². The quantitative estimate of drug-likeness (QED) is 0.0251. The Hall–Kier alpha value is -10.0. The minimum atomic E-state index is -4.70. The number of carbonyl (C=O) groups excluding carboxylic acids is 8. The van der Waals surface area contributed by atoms with Crippen molar-refractivity contribution in [2.24, 2.45) is 0 Å². The van der Waals surface area contributed by atoms with Gasteiger partial charge in [0.15, 0.2) is 24.5 Å². The van der Waals surface area contributed by atoms with Crippen molar-refractivity contribution in [1.29, 1.82) is 0 Å². The van der Waals surface area contributed by atoms with E-state index in [1.807, 2.05) is 0 Å². The molecule has 504 valence electrons. The summed E-state index contributed by atoms with van der Waals surface area (Å²) in [6.45, 7) is -2.40. The fourth-order valence-electron chi connectivity index (χ4n) is 12.5. The van der Waals surface area contributed by atoms with E-state index in [1.54, 1.807) is 0 Å². The van der Waals surface area contributed by atoms with Crippen molar-refractivity contribution in [3.63, 3.8) is 0 Å². The molecule has 0 bridgehead atoms. The van der Waals surface area contributed by atoms with Gasteiger partial charge in [-0.25, -0.2) is 14.4 Å². The van der Waals surface area contributed by atoms with Gasteiger partial charge in [-0.15, -0.1) is 0 Å². The average Bonchev–Trinajstić information content (AvgIpc) is 0.642. The lowest BCUT2D eigenvalue weighted by Gasteiger charge is -2.65. The smallest absolute Gasteiger partial charge is 0.339 e. The second-order valence-electron chi connectivity index (χ2n) is 23.1. The molecule has 8 N–H and O–H groups in total. The van der Waals surface area contributed by atoms with Crippen LogP contribution in [0.3, 0.4) is 0 Å². The Kier molecular flexibility index (Phi) is 20.8. The van der Waals surface area contributed by atoms with E-state index >= 15 is 38.4 Å². The summed E-state index contributed by atoms with van der Waals surface area (Å²) in [5, 5.41) is 93.5. The maximum Gasteiger partial charge on any atom is 0.339 e. The van der Waals surface area contributed by atoms with Gasteiger partial charge in [-0.1, -0.05) is 206 Å². The Morgan fingerprint density at radius 1 is 0.367 bits per heavy atom.